The zero-order valence-corrected chi connectivity index (χ0v) is 17.9. The number of nitrogens with zero attached hydrogens (tertiary/aromatic N) is 2. The summed E-state index contributed by atoms with van der Waals surface area (Å²) >= 11 is 0. The van der Waals surface area contributed by atoms with Gasteiger partial charge in [-0.15, -0.1) is 0 Å². The van der Waals surface area contributed by atoms with Crippen molar-refractivity contribution in [3.8, 4) is 0 Å². The van der Waals surface area contributed by atoms with E-state index in [1.165, 1.54) is 6.33 Å². The molecule has 1 atom stereocenters. The maximum atomic E-state index is 11.3. The molecule has 3 heterocycles. The lowest BCUT2D eigenvalue weighted by atomic mass is 10.1. The molecular weight excluding hydrogens is 390 g/mol. The molecule has 0 aliphatic rings. The summed E-state index contributed by atoms with van der Waals surface area (Å²) in [7, 11) is 0. The second-order valence-corrected chi connectivity index (χ2v) is 7.02. The molecule has 3 rings (SSSR count). The number of imidazole rings is 3. The van der Waals surface area contributed by atoms with Gasteiger partial charge in [-0.2, -0.15) is 0 Å². The number of carboxylic acid groups (broad SMARTS) is 1. The first-order chi connectivity index (χ1) is 14.1. The Morgan fingerprint density at radius 2 is 1.70 bits per heavy atom. The molecule has 0 spiro atoms. The van der Waals surface area contributed by atoms with Crippen LogP contribution in [-0.4, -0.2) is 38.7 Å². The molecule has 11 heteroatoms. The monoisotopic (exact) mass is 421 g/mol. The number of ether oxygens (including phenoxy) is 1. The molecule has 0 radical (unpaired) electrons. The first-order valence-electron chi connectivity index (χ1n) is 9.18. The van der Waals surface area contributed by atoms with Gasteiger partial charge in [-0.25, -0.2) is 4.79 Å². The van der Waals surface area contributed by atoms with Gasteiger partial charge in [-0.3, -0.25) is 19.9 Å². The Morgan fingerprint density at radius 3 is 1.90 bits per heavy atom. The molecule has 166 valence electrons. The maximum Gasteiger partial charge on any atom is 0.408 e. The van der Waals surface area contributed by atoms with Crippen molar-refractivity contribution in [3.05, 3.63) is 56.2 Å². The van der Waals surface area contributed by atoms with Crippen LogP contribution >= 0.6 is 0 Å². The number of H-pyrrole nitrogens is 4. The molecule has 0 fully saturated rings. The highest BCUT2D eigenvalue weighted by atomic mass is 16.6. The summed E-state index contributed by atoms with van der Waals surface area (Å²) < 4.78 is 4.93. The van der Waals surface area contributed by atoms with Gasteiger partial charge in [0.05, 0.1) is 12.0 Å². The van der Waals surface area contributed by atoms with Crippen LogP contribution in [0.2, 0.25) is 0 Å². The predicted octanol–water partition coefficient (Wildman–Crippen LogP) is -0.0180. The quantitative estimate of drug-likeness (QED) is 0.537. The van der Waals surface area contributed by atoms with Gasteiger partial charge in [-0.05, 0) is 26.7 Å². The van der Waals surface area contributed by atoms with Crippen molar-refractivity contribution in [1.29, 1.82) is 0 Å². The molecule has 3 aromatic heterocycles. The van der Waals surface area contributed by atoms with Crippen LogP contribution in [-0.2, 0) is 9.53 Å². The van der Waals surface area contributed by atoms with E-state index in [0.29, 0.717) is 0 Å². The Morgan fingerprint density at radius 1 is 1.13 bits per heavy atom. The molecule has 11 nitrogen and oxygen atoms in total. The fraction of sp³-hybridized carbons (Fsp3) is 0.421. The number of aliphatic carboxylic acids is 1. The summed E-state index contributed by atoms with van der Waals surface area (Å²) in [5.74, 6) is -1.56. The van der Waals surface area contributed by atoms with Crippen LogP contribution in [0.25, 0.3) is 0 Å². The first-order valence-corrected chi connectivity index (χ1v) is 9.18. The van der Waals surface area contributed by atoms with E-state index in [-0.39, 0.29) is 5.92 Å². The second-order valence-electron chi connectivity index (χ2n) is 7.02. The van der Waals surface area contributed by atoms with Crippen LogP contribution in [0.15, 0.2) is 56.2 Å². The second kappa shape index (κ2) is 15.3. The number of rotatable bonds is 3. The van der Waals surface area contributed by atoms with E-state index in [4.69, 9.17) is 4.74 Å². The van der Waals surface area contributed by atoms with Crippen LogP contribution < -0.4 is 25.4 Å². The molecule has 0 aromatic carbocycles. The summed E-state index contributed by atoms with van der Waals surface area (Å²) in [4.78, 5) is 40.4. The van der Waals surface area contributed by atoms with E-state index in [9.17, 15) is 14.7 Å². The minimum absolute atomic E-state index is 0.248. The van der Waals surface area contributed by atoms with Gasteiger partial charge < -0.3 is 29.9 Å². The highest BCUT2D eigenvalue weighted by Crippen LogP contribution is 2.08. The van der Waals surface area contributed by atoms with Gasteiger partial charge in [0.2, 0.25) is 12.7 Å². The predicted molar refractivity (Wildman–Crippen MR) is 105 cm³/mol. The van der Waals surface area contributed by atoms with Gasteiger partial charge in [0.25, 0.3) is 0 Å². The number of aromatic nitrogens is 6. The number of amides is 1. The number of hydrogen-bond acceptors (Lipinski definition) is 5. The van der Waals surface area contributed by atoms with Crippen molar-refractivity contribution < 1.29 is 29.4 Å². The summed E-state index contributed by atoms with van der Waals surface area (Å²) in [6.45, 7) is 8.47. The van der Waals surface area contributed by atoms with E-state index in [0.717, 1.165) is 0 Å². The van der Waals surface area contributed by atoms with Crippen LogP contribution in [0.1, 0.15) is 34.6 Å². The summed E-state index contributed by atoms with van der Waals surface area (Å²) in [5, 5.41) is 12.9. The molecule has 30 heavy (non-hydrogen) atoms. The van der Waals surface area contributed by atoms with E-state index >= 15 is 0 Å². The van der Waals surface area contributed by atoms with Gasteiger partial charge in [0.15, 0.2) is 0 Å². The van der Waals surface area contributed by atoms with Crippen LogP contribution in [0, 0.1) is 5.92 Å². The Balaban J connectivity index is 0.000000445. The Labute approximate surface area is 175 Å². The first kappa shape index (κ1) is 26.4. The molecule has 0 aliphatic carbocycles. The normalized spacial score (nSPS) is 10.7. The van der Waals surface area contributed by atoms with E-state index in [2.05, 4.69) is 35.2 Å². The summed E-state index contributed by atoms with van der Waals surface area (Å²) in [6, 6.07) is -1.03. The number of alkyl carbamates (subject to hydrolysis) is 1. The van der Waals surface area contributed by atoms with Crippen LogP contribution in [0.4, 0.5) is 4.79 Å². The van der Waals surface area contributed by atoms with E-state index in [1.807, 2.05) is 24.8 Å². The number of aromatic amines is 4. The zero-order valence-electron chi connectivity index (χ0n) is 17.9. The van der Waals surface area contributed by atoms with Gasteiger partial charge >= 0.3 is 6.09 Å². The number of hydrogen-bond donors (Lipinski definition) is 3. The molecule has 0 aliphatic heterocycles. The average Bonchev–Trinajstić information content (AvgIpc) is 3.45. The molecular formula is C19H31N7O4. The van der Waals surface area contributed by atoms with Gasteiger partial charge in [-0.1, -0.05) is 32.6 Å². The third-order valence-corrected chi connectivity index (χ3v) is 2.85. The standard InChI is InChI=1S/C10H19NO4.2C3H4N2.C3H3N2/c1-6(2)7(8(12)13)11-9(14)15-10(3,4)5;3*1-2-5-3-4-1/h6-7H,1-5H3,(H,11,14)(H,12,13);2*1-3H,(H,4,5);1-3H/q;;;-1/p+1/t7-;;;/m0.../s1. The molecule has 5 N–H and O–H groups in total. The largest absolute Gasteiger partial charge is 0.548 e. The smallest absolute Gasteiger partial charge is 0.408 e. The third-order valence-electron chi connectivity index (χ3n) is 2.85. The fourth-order valence-corrected chi connectivity index (χ4v) is 1.61. The molecule has 1 amide bonds. The Hall–Kier alpha value is -3.63. The molecule has 0 saturated heterocycles. The lowest BCUT2D eigenvalue weighted by Crippen LogP contribution is -2.51. The van der Waals surface area contributed by atoms with Crippen molar-refractivity contribution >= 4 is 12.1 Å². The third kappa shape index (κ3) is 16.5. The molecule has 0 saturated carbocycles. The Kier molecular flexibility index (Phi) is 13.5. The van der Waals surface area contributed by atoms with Crippen LogP contribution in [0.5, 0.6) is 0 Å². The number of carbonyl (C=O) groups excluding carboxylic acids is 2. The van der Waals surface area contributed by atoms with E-state index in [1.54, 1.807) is 59.7 Å². The summed E-state index contributed by atoms with van der Waals surface area (Å²) in [6.07, 6.45) is 14.8. The van der Waals surface area contributed by atoms with Crippen molar-refractivity contribution in [2.45, 2.75) is 46.3 Å². The average molecular weight is 422 g/mol. The number of carbonyl (C=O) groups is 2. The Bertz CT molecular complexity index is 622. The minimum atomic E-state index is -1.31. The maximum absolute atomic E-state index is 11.3. The van der Waals surface area contributed by atoms with E-state index < -0.39 is 23.7 Å². The number of nitrogens with one attached hydrogen (secondary N) is 5. The lowest BCUT2D eigenvalue weighted by Gasteiger charge is -2.26. The van der Waals surface area contributed by atoms with Gasteiger partial charge in [0, 0.05) is 0 Å². The molecule has 3 aromatic rings. The van der Waals surface area contributed by atoms with Crippen molar-refractivity contribution in [2.24, 2.45) is 5.92 Å². The molecule has 0 unspecified atom stereocenters. The fourth-order valence-electron chi connectivity index (χ4n) is 1.61. The summed E-state index contributed by atoms with van der Waals surface area (Å²) in [5.41, 5.74) is -0.641. The van der Waals surface area contributed by atoms with Crippen LogP contribution in [0.3, 0.4) is 0 Å². The lowest BCUT2D eigenvalue weighted by molar-refractivity contribution is -0.376. The highest BCUT2D eigenvalue weighted by molar-refractivity contribution is 5.78. The SMILES string of the molecule is CC(C)[C@H](NC(=O)OC(C)(C)C)C(=O)[O-].c1c[n-]cn1.c1c[nH+]c[nH]1.c1c[nH+]c[nH]1. The van der Waals surface area contributed by atoms with Gasteiger partial charge in [0.1, 0.15) is 30.4 Å². The number of carboxylic acids is 1. The van der Waals surface area contributed by atoms with Crippen molar-refractivity contribution in [3.63, 3.8) is 0 Å². The molecule has 0 bridgehead atoms. The highest BCUT2D eigenvalue weighted by Gasteiger charge is 2.21. The van der Waals surface area contributed by atoms with Crippen molar-refractivity contribution in [2.75, 3.05) is 0 Å². The topological polar surface area (TPSA) is 165 Å². The zero-order chi connectivity index (χ0) is 22.8. The minimum Gasteiger partial charge on any atom is -0.548 e. The van der Waals surface area contributed by atoms with Crippen molar-refractivity contribution in [1.82, 2.24) is 25.3 Å².